The number of aromatic carboxylic acids is 1. The molecule has 1 aromatic rings. The normalized spacial score (nSPS) is 11.7. The molecule has 0 amide bonds. The summed E-state index contributed by atoms with van der Waals surface area (Å²) in [5, 5.41) is 9.10. The van der Waals surface area contributed by atoms with E-state index in [2.05, 4.69) is 15.9 Å². The standard InChI is InChI=1S/C13H17BrF2O2Si/c1-4-19(5-2,6-3)12-9(15)7-8(14)10(11(12)16)13(17)18/h7H,4-6H2,1-3H3,(H,17,18). The summed E-state index contributed by atoms with van der Waals surface area (Å²) < 4.78 is 28.6. The van der Waals surface area contributed by atoms with Crippen molar-refractivity contribution in [1.82, 2.24) is 0 Å². The molecule has 2 nitrogen and oxygen atoms in total. The molecule has 1 N–H and O–H groups in total. The van der Waals surface area contributed by atoms with Gasteiger partial charge in [0.25, 0.3) is 0 Å². The maximum absolute atomic E-state index is 14.5. The van der Waals surface area contributed by atoms with Crippen LogP contribution in [-0.4, -0.2) is 19.1 Å². The van der Waals surface area contributed by atoms with Gasteiger partial charge in [-0.25, -0.2) is 13.6 Å². The SMILES string of the molecule is CC[Si](CC)(CC)c1c(F)cc(Br)c(C(=O)O)c1F. The molecule has 0 heterocycles. The quantitative estimate of drug-likeness (QED) is 0.810. The van der Waals surface area contributed by atoms with Crippen molar-refractivity contribution in [1.29, 1.82) is 0 Å². The fraction of sp³-hybridized carbons (Fsp3) is 0.462. The van der Waals surface area contributed by atoms with Crippen LogP contribution in [0.2, 0.25) is 18.1 Å². The van der Waals surface area contributed by atoms with Crippen LogP contribution < -0.4 is 5.19 Å². The number of hydrogen-bond donors (Lipinski definition) is 1. The van der Waals surface area contributed by atoms with Gasteiger partial charge in [-0.3, -0.25) is 0 Å². The van der Waals surface area contributed by atoms with Crippen LogP contribution in [0.15, 0.2) is 10.5 Å². The highest BCUT2D eigenvalue weighted by atomic mass is 79.9. The first-order valence-corrected chi connectivity index (χ1v) is 9.67. The first-order valence-electron chi connectivity index (χ1n) is 6.25. The van der Waals surface area contributed by atoms with Gasteiger partial charge in [-0.05, 0) is 22.0 Å². The zero-order chi connectivity index (χ0) is 14.8. The van der Waals surface area contributed by atoms with Crippen LogP contribution >= 0.6 is 15.9 Å². The first-order chi connectivity index (χ1) is 8.84. The third-order valence-corrected chi connectivity index (χ3v) is 10.1. The molecule has 106 valence electrons. The van der Waals surface area contributed by atoms with E-state index < -0.39 is 31.2 Å². The summed E-state index contributed by atoms with van der Waals surface area (Å²) in [6, 6.07) is 3.14. The van der Waals surface area contributed by atoms with E-state index in [0.29, 0.717) is 18.1 Å². The Hall–Kier alpha value is -0.753. The van der Waals surface area contributed by atoms with Gasteiger partial charge in [0.15, 0.2) is 0 Å². The maximum atomic E-state index is 14.5. The first kappa shape index (κ1) is 16.3. The lowest BCUT2D eigenvalue weighted by Gasteiger charge is -2.30. The number of hydrogen-bond acceptors (Lipinski definition) is 1. The molecule has 1 rings (SSSR count). The molecule has 0 bridgehead atoms. The Kier molecular flexibility index (Phi) is 5.26. The van der Waals surface area contributed by atoms with E-state index in [1.807, 2.05) is 20.8 Å². The summed E-state index contributed by atoms with van der Waals surface area (Å²) >= 11 is 2.92. The second-order valence-corrected chi connectivity index (χ2v) is 10.6. The highest BCUT2D eigenvalue weighted by Crippen LogP contribution is 2.28. The van der Waals surface area contributed by atoms with Crippen LogP contribution in [0.3, 0.4) is 0 Å². The molecule has 0 spiro atoms. The Morgan fingerprint density at radius 2 is 1.74 bits per heavy atom. The van der Waals surface area contributed by atoms with Gasteiger partial charge >= 0.3 is 5.97 Å². The molecule has 1 aromatic carbocycles. The van der Waals surface area contributed by atoms with Crippen molar-refractivity contribution in [3.8, 4) is 0 Å². The van der Waals surface area contributed by atoms with Crippen LogP contribution in [0.4, 0.5) is 8.78 Å². The average molecular weight is 351 g/mol. The van der Waals surface area contributed by atoms with Gasteiger partial charge in [0.05, 0.1) is 8.07 Å². The zero-order valence-corrected chi connectivity index (χ0v) is 13.8. The minimum atomic E-state index is -2.32. The van der Waals surface area contributed by atoms with E-state index in [-0.39, 0.29) is 9.66 Å². The van der Waals surface area contributed by atoms with Crippen LogP contribution in [0.25, 0.3) is 0 Å². The number of carboxylic acid groups (broad SMARTS) is 1. The minimum absolute atomic E-state index is 0.0283. The number of halogens is 3. The lowest BCUT2D eigenvalue weighted by molar-refractivity contribution is 0.0691. The molecular weight excluding hydrogens is 334 g/mol. The van der Waals surface area contributed by atoms with E-state index in [9.17, 15) is 13.6 Å². The third-order valence-electron chi connectivity index (χ3n) is 3.94. The molecule has 19 heavy (non-hydrogen) atoms. The molecule has 0 aliphatic carbocycles. The fourth-order valence-corrected chi connectivity index (χ4v) is 6.83. The monoisotopic (exact) mass is 350 g/mol. The lowest BCUT2D eigenvalue weighted by Crippen LogP contribution is -2.50. The summed E-state index contributed by atoms with van der Waals surface area (Å²) in [6.07, 6.45) is 0. The van der Waals surface area contributed by atoms with E-state index in [1.54, 1.807) is 0 Å². The second kappa shape index (κ2) is 6.13. The molecule has 6 heteroatoms. The van der Waals surface area contributed by atoms with E-state index in [0.717, 1.165) is 6.07 Å². The predicted molar refractivity (Wildman–Crippen MR) is 77.8 cm³/mol. The van der Waals surface area contributed by atoms with Crippen molar-refractivity contribution < 1.29 is 18.7 Å². The summed E-state index contributed by atoms with van der Waals surface area (Å²) in [5.41, 5.74) is -0.469. The number of carbonyl (C=O) groups is 1. The lowest BCUT2D eigenvalue weighted by atomic mass is 10.2. The molecule has 0 atom stereocenters. The van der Waals surface area contributed by atoms with Gasteiger partial charge in [0.1, 0.15) is 17.2 Å². The molecular formula is C13H17BrF2O2Si. The Bertz CT molecular complexity index is 494. The molecule has 0 aliphatic rings. The maximum Gasteiger partial charge on any atom is 0.339 e. The minimum Gasteiger partial charge on any atom is -0.478 e. The smallest absolute Gasteiger partial charge is 0.339 e. The molecule has 0 unspecified atom stereocenters. The molecule has 0 aromatic heterocycles. The van der Waals surface area contributed by atoms with Crippen LogP contribution in [0.5, 0.6) is 0 Å². The van der Waals surface area contributed by atoms with Crippen LogP contribution in [0.1, 0.15) is 31.1 Å². The number of carboxylic acids is 1. The van der Waals surface area contributed by atoms with Crippen LogP contribution in [0, 0.1) is 11.6 Å². The van der Waals surface area contributed by atoms with Gasteiger partial charge in [0.2, 0.25) is 0 Å². The van der Waals surface area contributed by atoms with Gasteiger partial charge in [-0.1, -0.05) is 38.9 Å². The number of rotatable bonds is 5. The van der Waals surface area contributed by atoms with E-state index in [1.165, 1.54) is 0 Å². The summed E-state index contributed by atoms with van der Waals surface area (Å²) in [7, 11) is -2.32. The second-order valence-electron chi connectivity index (χ2n) is 4.55. The molecule has 0 radical (unpaired) electrons. The molecule has 0 saturated carbocycles. The predicted octanol–water partition coefficient (Wildman–Crippen LogP) is 4.14. The topological polar surface area (TPSA) is 37.3 Å². The molecule has 0 saturated heterocycles. The van der Waals surface area contributed by atoms with Crippen molar-refractivity contribution in [3.05, 3.63) is 27.7 Å². The Morgan fingerprint density at radius 3 is 2.11 bits per heavy atom. The van der Waals surface area contributed by atoms with Crippen molar-refractivity contribution in [2.24, 2.45) is 0 Å². The van der Waals surface area contributed by atoms with Gasteiger partial charge in [-0.2, -0.15) is 0 Å². The third kappa shape index (κ3) is 2.74. The summed E-state index contributed by atoms with van der Waals surface area (Å²) in [5.74, 6) is -2.92. The summed E-state index contributed by atoms with van der Waals surface area (Å²) in [4.78, 5) is 11.1. The summed E-state index contributed by atoms with van der Waals surface area (Å²) in [6.45, 7) is 5.75. The zero-order valence-electron chi connectivity index (χ0n) is 11.2. The van der Waals surface area contributed by atoms with Crippen molar-refractivity contribution in [2.75, 3.05) is 0 Å². The van der Waals surface area contributed by atoms with Gasteiger partial charge in [-0.15, -0.1) is 0 Å². The van der Waals surface area contributed by atoms with Gasteiger partial charge in [0, 0.05) is 9.66 Å². The molecule has 0 fully saturated rings. The highest BCUT2D eigenvalue weighted by molar-refractivity contribution is 9.10. The van der Waals surface area contributed by atoms with Gasteiger partial charge < -0.3 is 5.11 Å². The largest absolute Gasteiger partial charge is 0.478 e. The van der Waals surface area contributed by atoms with E-state index >= 15 is 0 Å². The molecule has 0 aliphatic heterocycles. The van der Waals surface area contributed by atoms with Crippen molar-refractivity contribution in [3.63, 3.8) is 0 Å². The average Bonchev–Trinajstić information content (AvgIpc) is 2.33. The Morgan fingerprint density at radius 1 is 1.26 bits per heavy atom. The highest BCUT2D eigenvalue weighted by Gasteiger charge is 2.37. The van der Waals surface area contributed by atoms with E-state index in [4.69, 9.17) is 5.11 Å². The van der Waals surface area contributed by atoms with Crippen molar-refractivity contribution in [2.45, 2.75) is 38.9 Å². The van der Waals surface area contributed by atoms with Crippen molar-refractivity contribution >= 4 is 35.2 Å². The Labute approximate surface area is 121 Å². The van der Waals surface area contributed by atoms with Crippen LogP contribution in [-0.2, 0) is 0 Å². The Balaban J connectivity index is 3.69. The number of benzene rings is 1. The fourth-order valence-electron chi connectivity index (χ4n) is 2.55.